The van der Waals surface area contributed by atoms with Crippen LogP contribution in [0.1, 0.15) is 34.3 Å². The van der Waals surface area contributed by atoms with Crippen molar-refractivity contribution in [2.24, 2.45) is 0 Å². The molecule has 0 aliphatic rings. The minimum Gasteiger partial charge on any atom is -0.352 e. The Balaban J connectivity index is 1.73. The fourth-order valence-electron chi connectivity index (χ4n) is 2.24. The standard InChI is InChI=1S/C19H21ClN2O2/c1-13-5-6-14(2)17(12-13)22-18(23)4-3-11-21-19(24)15-7-9-16(20)10-8-15/h5-10,12H,3-4,11H2,1-2H3,(H,21,24)(H,22,23). The number of benzene rings is 2. The number of nitrogens with one attached hydrogen (secondary N) is 2. The van der Waals surface area contributed by atoms with Crippen LogP contribution in [0.2, 0.25) is 5.02 Å². The summed E-state index contributed by atoms with van der Waals surface area (Å²) in [6.07, 6.45) is 0.935. The summed E-state index contributed by atoms with van der Waals surface area (Å²) >= 11 is 5.79. The van der Waals surface area contributed by atoms with Crippen molar-refractivity contribution in [3.63, 3.8) is 0 Å². The molecule has 0 aromatic heterocycles. The lowest BCUT2D eigenvalue weighted by atomic mass is 10.1. The third kappa shape index (κ3) is 5.39. The van der Waals surface area contributed by atoms with E-state index in [2.05, 4.69) is 10.6 Å². The highest BCUT2D eigenvalue weighted by molar-refractivity contribution is 6.30. The fraction of sp³-hybridized carbons (Fsp3) is 0.263. The molecule has 2 aromatic rings. The molecule has 126 valence electrons. The lowest BCUT2D eigenvalue weighted by Gasteiger charge is -2.10. The number of hydrogen-bond donors (Lipinski definition) is 2. The van der Waals surface area contributed by atoms with Crippen LogP contribution in [0.25, 0.3) is 0 Å². The number of carbonyl (C=O) groups excluding carboxylic acids is 2. The molecule has 24 heavy (non-hydrogen) atoms. The molecule has 0 unspecified atom stereocenters. The second kappa shape index (κ2) is 8.50. The average Bonchev–Trinajstić information content (AvgIpc) is 2.55. The average molecular weight is 345 g/mol. The van der Waals surface area contributed by atoms with Gasteiger partial charge < -0.3 is 10.6 Å². The Morgan fingerprint density at radius 1 is 1.04 bits per heavy atom. The molecule has 0 aliphatic carbocycles. The predicted molar refractivity (Wildman–Crippen MR) is 97.6 cm³/mol. The normalized spacial score (nSPS) is 10.3. The first kappa shape index (κ1) is 18.0. The van der Waals surface area contributed by atoms with Crippen molar-refractivity contribution in [2.75, 3.05) is 11.9 Å². The van der Waals surface area contributed by atoms with E-state index < -0.39 is 0 Å². The third-order valence-corrected chi connectivity index (χ3v) is 3.89. The van der Waals surface area contributed by atoms with Crippen LogP contribution in [0.5, 0.6) is 0 Å². The molecule has 0 bridgehead atoms. The van der Waals surface area contributed by atoms with E-state index in [0.717, 1.165) is 16.8 Å². The summed E-state index contributed by atoms with van der Waals surface area (Å²) in [5.41, 5.74) is 3.53. The Hall–Kier alpha value is -2.33. The van der Waals surface area contributed by atoms with Gasteiger partial charge in [0.25, 0.3) is 5.91 Å². The maximum Gasteiger partial charge on any atom is 0.251 e. The fourth-order valence-corrected chi connectivity index (χ4v) is 2.36. The second-order valence-corrected chi connectivity index (χ2v) is 6.17. The van der Waals surface area contributed by atoms with Gasteiger partial charge in [-0.25, -0.2) is 0 Å². The minimum atomic E-state index is -0.165. The Bertz CT molecular complexity index is 727. The van der Waals surface area contributed by atoms with Gasteiger partial charge in [0.2, 0.25) is 5.91 Å². The Kier molecular flexibility index (Phi) is 6.38. The molecule has 0 atom stereocenters. The van der Waals surface area contributed by atoms with Gasteiger partial charge in [0.05, 0.1) is 0 Å². The molecule has 5 heteroatoms. The summed E-state index contributed by atoms with van der Waals surface area (Å²) < 4.78 is 0. The molecule has 0 spiro atoms. The van der Waals surface area contributed by atoms with Crippen LogP contribution in [-0.4, -0.2) is 18.4 Å². The lowest BCUT2D eigenvalue weighted by Crippen LogP contribution is -2.25. The molecule has 0 heterocycles. The molecule has 0 saturated heterocycles. The van der Waals surface area contributed by atoms with E-state index >= 15 is 0 Å². The maximum atomic E-state index is 12.0. The van der Waals surface area contributed by atoms with Crippen LogP contribution < -0.4 is 10.6 Å². The lowest BCUT2D eigenvalue weighted by molar-refractivity contribution is -0.116. The quantitative estimate of drug-likeness (QED) is 0.775. The zero-order chi connectivity index (χ0) is 17.5. The van der Waals surface area contributed by atoms with E-state index in [1.807, 2.05) is 32.0 Å². The number of anilines is 1. The van der Waals surface area contributed by atoms with Crippen molar-refractivity contribution in [1.29, 1.82) is 0 Å². The Labute approximate surface area is 147 Å². The van der Waals surface area contributed by atoms with Crippen LogP contribution in [0, 0.1) is 13.8 Å². The summed E-state index contributed by atoms with van der Waals surface area (Å²) in [4.78, 5) is 23.9. The van der Waals surface area contributed by atoms with Crippen molar-refractivity contribution in [2.45, 2.75) is 26.7 Å². The van der Waals surface area contributed by atoms with E-state index in [9.17, 15) is 9.59 Å². The van der Waals surface area contributed by atoms with Gasteiger partial charge in [-0.1, -0.05) is 23.7 Å². The summed E-state index contributed by atoms with van der Waals surface area (Å²) in [6.45, 7) is 4.39. The SMILES string of the molecule is Cc1ccc(C)c(NC(=O)CCCNC(=O)c2ccc(Cl)cc2)c1. The van der Waals surface area contributed by atoms with Gasteiger partial charge in [-0.15, -0.1) is 0 Å². The number of rotatable bonds is 6. The molecule has 2 amide bonds. The first-order valence-electron chi connectivity index (χ1n) is 7.86. The molecule has 2 rings (SSSR count). The smallest absolute Gasteiger partial charge is 0.251 e. The molecule has 0 saturated carbocycles. The van der Waals surface area contributed by atoms with E-state index in [1.54, 1.807) is 24.3 Å². The Morgan fingerprint density at radius 3 is 2.46 bits per heavy atom. The van der Waals surface area contributed by atoms with Crippen molar-refractivity contribution < 1.29 is 9.59 Å². The Morgan fingerprint density at radius 2 is 1.75 bits per heavy atom. The topological polar surface area (TPSA) is 58.2 Å². The van der Waals surface area contributed by atoms with Gasteiger partial charge in [-0.3, -0.25) is 9.59 Å². The molecule has 0 fully saturated rings. The van der Waals surface area contributed by atoms with Crippen molar-refractivity contribution >= 4 is 29.1 Å². The van der Waals surface area contributed by atoms with Crippen LogP contribution in [-0.2, 0) is 4.79 Å². The van der Waals surface area contributed by atoms with E-state index in [1.165, 1.54) is 0 Å². The second-order valence-electron chi connectivity index (χ2n) is 5.73. The van der Waals surface area contributed by atoms with E-state index in [0.29, 0.717) is 30.0 Å². The zero-order valence-electron chi connectivity index (χ0n) is 13.9. The maximum absolute atomic E-state index is 12.0. The highest BCUT2D eigenvalue weighted by Crippen LogP contribution is 2.16. The van der Waals surface area contributed by atoms with Gasteiger partial charge in [-0.05, 0) is 61.7 Å². The first-order chi connectivity index (χ1) is 11.5. The van der Waals surface area contributed by atoms with Gasteiger partial charge in [-0.2, -0.15) is 0 Å². The van der Waals surface area contributed by atoms with Gasteiger partial charge in [0.1, 0.15) is 0 Å². The predicted octanol–water partition coefficient (Wildman–Crippen LogP) is 4.11. The molecular formula is C19H21ClN2O2. The number of amides is 2. The third-order valence-electron chi connectivity index (χ3n) is 3.64. The zero-order valence-corrected chi connectivity index (χ0v) is 14.6. The van der Waals surface area contributed by atoms with E-state index in [4.69, 9.17) is 11.6 Å². The van der Waals surface area contributed by atoms with Crippen LogP contribution in [0.15, 0.2) is 42.5 Å². The highest BCUT2D eigenvalue weighted by Gasteiger charge is 2.07. The van der Waals surface area contributed by atoms with E-state index in [-0.39, 0.29) is 11.8 Å². The number of halogens is 1. The van der Waals surface area contributed by atoms with Crippen molar-refractivity contribution in [3.8, 4) is 0 Å². The molecule has 2 N–H and O–H groups in total. The van der Waals surface area contributed by atoms with Gasteiger partial charge in [0.15, 0.2) is 0 Å². The molecular weight excluding hydrogens is 324 g/mol. The highest BCUT2D eigenvalue weighted by atomic mass is 35.5. The first-order valence-corrected chi connectivity index (χ1v) is 8.24. The monoisotopic (exact) mass is 344 g/mol. The van der Waals surface area contributed by atoms with Crippen LogP contribution >= 0.6 is 11.6 Å². The van der Waals surface area contributed by atoms with Crippen LogP contribution in [0.3, 0.4) is 0 Å². The molecule has 4 nitrogen and oxygen atoms in total. The largest absolute Gasteiger partial charge is 0.352 e. The number of carbonyl (C=O) groups is 2. The molecule has 2 aromatic carbocycles. The summed E-state index contributed by atoms with van der Waals surface area (Å²) in [5.74, 6) is -0.217. The number of hydrogen-bond acceptors (Lipinski definition) is 2. The van der Waals surface area contributed by atoms with Crippen LogP contribution in [0.4, 0.5) is 5.69 Å². The van der Waals surface area contributed by atoms with Crippen molar-refractivity contribution in [3.05, 3.63) is 64.2 Å². The van der Waals surface area contributed by atoms with Gasteiger partial charge >= 0.3 is 0 Å². The summed E-state index contributed by atoms with van der Waals surface area (Å²) in [5, 5.41) is 6.30. The van der Waals surface area contributed by atoms with Gasteiger partial charge in [0, 0.05) is 29.2 Å². The number of aryl methyl sites for hydroxylation is 2. The molecule has 0 aliphatic heterocycles. The molecule has 0 radical (unpaired) electrons. The summed E-state index contributed by atoms with van der Waals surface area (Å²) in [7, 11) is 0. The van der Waals surface area contributed by atoms with Crippen molar-refractivity contribution in [1.82, 2.24) is 5.32 Å². The summed E-state index contributed by atoms with van der Waals surface area (Å²) in [6, 6.07) is 12.6. The minimum absolute atomic E-state index is 0.0514.